The van der Waals surface area contributed by atoms with Crippen molar-refractivity contribution in [2.24, 2.45) is 0 Å². The number of hydrogen-bond donors (Lipinski definition) is 1. The lowest BCUT2D eigenvalue weighted by Crippen LogP contribution is -2.26. The maximum atomic E-state index is 12.8. The highest BCUT2D eigenvalue weighted by Gasteiger charge is 2.18. The molecular weight excluding hydrogens is 378 g/mol. The lowest BCUT2D eigenvalue weighted by molar-refractivity contribution is -0.136. The number of nitrogens with zero attached hydrogens (tertiary/aromatic N) is 1. The number of benzene rings is 3. The highest BCUT2D eigenvalue weighted by Crippen LogP contribution is 2.25. The van der Waals surface area contributed by atoms with Gasteiger partial charge in [-0.2, -0.15) is 0 Å². The quantitative estimate of drug-likeness (QED) is 0.526. The monoisotopic (exact) mass is 401 g/mol. The molecular formula is C25H23NO4. The molecule has 0 aromatic heterocycles. The molecule has 0 spiro atoms. The molecule has 0 saturated heterocycles. The number of amides is 1. The van der Waals surface area contributed by atoms with Gasteiger partial charge in [-0.1, -0.05) is 66.7 Å². The van der Waals surface area contributed by atoms with E-state index in [1.165, 1.54) is 4.90 Å². The van der Waals surface area contributed by atoms with E-state index in [1.807, 2.05) is 91.0 Å². The zero-order valence-electron chi connectivity index (χ0n) is 16.5. The number of aryl methyl sites for hydroxylation is 1. The third kappa shape index (κ3) is 6.07. The highest BCUT2D eigenvalue weighted by atomic mass is 16.6. The molecule has 0 aliphatic carbocycles. The first kappa shape index (κ1) is 20.9. The van der Waals surface area contributed by atoms with Gasteiger partial charge in [0, 0.05) is 6.42 Å². The van der Waals surface area contributed by atoms with E-state index >= 15 is 0 Å². The first-order valence-electron chi connectivity index (χ1n) is 9.68. The lowest BCUT2D eigenvalue weighted by atomic mass is 10.1. The van der Waals surface area contributed by atoms with Crippen LogP contribution in [0.1, 0.15) is 17.5 Å². The number of para-hydroxylation sites is 2. The minimum Gasteiger partial charge on any atom is -0.481 e. The van der Waals surface area contributed by atoms with Crippen molar-refractivity contribution >= 4 is 29.5 Å². The third-order valence-corrected chi connectivity index (χ3v) is 4.40. The van der Waals surface area contributed by atoms with Crippen LogP contribution in [0.2, 0.25) is 0 Å². The van der Waals surface area contributed by atoms with E-state index in [2.05, 4.69) is 0 Å². The molecule has 3 rings (SSSR count). The maximum absolute atomic E-state index is 12.8. The molecule has 0 heterocycles. The van der Waals surface area contributed by atoms with Gasteiger partial charge in [0.05, 0.1) is 11.4 Å². The smallest absolute Gasteiger partial charge is 0.419 e. The van der Waals surface area contributed by atoms with Gasteiger partial charge in [0.1, 0.15) is 6.61 Å². The van der Waals surface area contributed by atoms with E-state index in [-0.39, 0.29) is 13.0 Å². The Bertz CT molecular complexity index is 960. The summed E-state index contributed by atoms with van der Waals surface area (Å²) in [5, 5.41) is 8.81. The van der Waals surface area contributed by atoms with Crippen molar-refractivity contribution in [3.8, 4) is 0 Å². The molecule has 3 aromatic rings. The predicted molar refractivity (Wildman–Crippen MR) is 118 cm³/mol. The van der Waals surface area contributed by atoms with Crippen LogP contribution in [0.25, 0.3) is 6.08 Å². The molecule has 5 nitrogen and oxygen atoms in total. The second kappa shape index (κ2) is 10.6. The minimum absolute atomic E-state index is 0.0968. The van der Waals surface area contributed by atoms with E-state index in [0.29, 0.717) is 6.42 Å². The molecule has 0 saturated carbocycles. The summed E-state index contributed by atoms with van der Waals surface area (Å²) >= 11 is 0. The number of carboxylic acid groups (broad SMARTS) is 1. The Morgan fingerprint density at radius 3 is 2.10 bits per heavy atom. The standard InChI is InChI=1S/C25H23NO4/c27-24(28)17-16-21-10-7-9-20(19-21)11-8-18-30-25(29)26(22-12-3-1-4-13-22)23-14-5-2-6-15-23/h1-15,19H,16-18H2,(H,27,28). The van der Waals surface area contributed by atoms with Crippen LogP contribution in [0.15, 0.2) is 91.0 Å². The van der Waals surface area contributed by atoms with Gasteiger partial charge in [-0.3, -0.25) is 4.79 Å². The molecule has 0 aliphatic heterocycles. The summed E-state index contributed by atoms with van der Waals surface area (Å²) in [6.45, 7) is 0.119. The first-order valence-corrected chi connectivity index (χ1v) is 9.68. The topological polar surface area (TPSA) is 66.8 Å². The van der Waals surface area contributed by atoms with E-state index in [0.717, 1.165) is 22.5 Å². The molecule has 0 fully saturated rings. The molecule has 3 aromatic carbocycles. The average Bonchev–Trinajstić information content (AvgIpc) is 2.77. The van der Waals surface area contributed by atoms with Crippen LogP contribution in [0.3, 0.4) is 0 Å². The number of carboxylic acids is 1. The largest absolute Gasteiger partial charge is 0.481 e. The van der Waals surface area contributed by atoms with Gasteiger partial charge < -0.3 is 9.84 Å². The number of ether oxygens (including phenoxy) is 1. The van der Waals surface area contributed by atoms with E-state index in [9.17, 15) is 9.59 Å². The van der Waals surface area contributed by atoms with Gasteiger partial charge in [-0.15, -0.1) is 0 Å². The van der Waals surface area contributed by atoms with Gasteiger partial charge in [0.15, 0.2) is 0 Å². The van der Waals surface area contributed by atoms with Crippen LogP contribution < -0.4 is 4.90 Å². The van der Waals surface area contributed by atoms with Crippen molar-refractivity contribution in [1.29, 1.82) is 0 Å². The normalized spacial score (nSPS) is 10.7. The van der Waals surface area contributed by atoms with Crippen molar-refractivity contribution in [3.63, 3.8) is 0 Å². The first-order chi connectivity index (χ1) is 14.6. The molecule has 0 bridgehead atoms. The van der Waals surface area contributed by atoms with Crippen LogP contribution in [0.4, 0.5) is 16.2 Å². The molecule has 1 N–H and O–H groups in total. The molecule has 5 heteroatoms. The summed E-state index contributed by atoms with van der Waals surface area (Å²) in [5.41, 5.74) is 3.33. The van der Waals surface area contributed by atoms with Crippen molar-refractivity contribution in [3.05, 3.63) is 102 Å². The minimum atomic E-state index is -0.816. The third-order valence-electron chi connectivity index (χ3n) is 4.40. The average molecular weight is 401 g/mol. The summed E-state index contributed by atoms with van der Waals surface area (Å²) in [6.07, 6.45) is 3.73. The summed E-state index contributed by atoms with van der Waals surface area (Å²) in [7, 11) is 0. The van der Waals surface area contributed by atoms with Crippen molar-refractivity contribution in [1.82, 2.24) is 0 Å². The highest BCUT2D eigenvalue weighted by molar-refractivity contribution is 5.95. The van der Waals surface area contributed by atoms with Gasteiger partial charge >= 0.3 is 12.1 Å². The van der Waals surface area contributed by atoms with Crippen molar-refractivity contribution in [2.75, 3.05) is 11.5 Å². The number of hydrogen-bond acceptors (Lipinski definition) is 3. The number of rotatable bonds is 8. The van der Waals surface area contributed by atoms with E-state index < -0.39 is 12.1 Å². The molecule has 1 amide bonds. The Hall–Kier alpha value is -3.86. The van der Waals surface area contributed by atoms with Crippen LogP contribution in [-0.2, 0) is 16.0 Å². The molecule has 0 radical (unpaired) electrons. The van der Waals surface area contributed by atoms with Crippen molar-refractivity contribution in [2.45, 2.75) is 12.8 Å². The summed E-state index contributed by atoms with van der Waals surface area (Å²) in [6, 6.07) is 26.3. The Morgan fingerprint density at radius 2 is 1.50 bits per heavy atom. The molecule has 0 aliphatic rings. The van der Waals surface area contributed by atoms with Crippen molar-refractivity contribution < 1.29 is 19.4 Å². The number of carbonyl (C=O) groups excluding carboxylic acids is 1. The zero-order chi connectivity index (χ0) is 21.2. The fourth-order valence-electron chi connectivity index (χ4n) is 2.99. The summed E-state index contributed by atoms with van der Waals surface area (Å²) < 4.78 is 5.47. The summed E-state index contributed by atoms with van der Waals surface area (Å²) in [4.78, 5) is 25.0. The number of aliphatic carboxylic acids is 1. The Morgan fingerprint density at radius 1 is 0.867 bits per heavy atom. The second-order valence-corrected chi connectivity index (χ2v) is 6.62. The van der Waals surface area contributed by atoms with Crippen LogP contribution >= 0.6 is 0 Å². The molecule has 0 unspecified atom stereocenters. The maximum Gasteiger partial charge on any atom is 0.419 e. The molecule has 30 heavy (non-hydrogen) atoms. The molecule has 152 valence electrons. The van der Waals surface area contributed by atoms with Gasteiger partial charge in [0.25, 0.3) is 0 Å². The fraction of sp³-hybridized carbons (Fsp3) is 0.120. The Kier molecular flexibility index (Phi) is 7.39. The fourth-order valence-corrected chi connectivity index (χ4v) is 2.99. The Balaban J connectivity index is 1.63. The van der Waals surface area contributed by atoms with E-state index in [4.69, 9.17) is 9.84 Å². The van der Waals surface area contributed by atoms with Gasteiger partial charge in [-0.25, -0.2) is 9.69 Å². The van der Waals surface area contributed by atoms with Gasteiger partial charge in [0.2, 0.25) is 0 Å². The number of carbonyl (C=O) groups is 2. The summed E-state index contributed by atoms with van der Waals surface area (Å²) in [5.74, 6) is -0.816. The zero-order valence-corrected chi connectivity index (χ0v) is 16.5. The molecule has 0 atom stereocenters. The van der Waals surface area contributed by atoms with Crippen LogP contribution in [0.5, 0.6) is 0 Å². The SMILES string of the molecule is O=C(O)CCc1cccc(C=CCOC(=O)N(c2ccccc2)c2ccccc2)c1. The number of anilines is 2. The van der Waals surface area contributed by atoms with Crippen LogP contribution in [0, 0.1) is 0 Å². The Labute approximate surface area is 175 Å². The predicted octanol–water partition coefficient (Wildman–Crippen LogP) is 5.69. The van der Waals surface area contributed by atoms with E-state index in [1.54, 1.807) is 6.08 Å². The second-order valence-electron chi connectivity index (χ2n) is 6.62. The lowest BCUT2D eigenvalue weighted by Gasteiger charge is -2.22. The van der Waals surface area contributed by atoms with Gasteiger partial charge in [-0.05, 0) is 47.9 Å². The van der Waals surface area contributed by atoms with Crippen LogP contribution in [-0.4, -0.2) is 23.8 Å².